The largest absolute Gasteiger partial charge is 0.314 e. The van der Waals surface area contributed by atoms with Crippen molar-refractivity contribution in [2.24, 2.45) is 0 Å². The van der Waals surface area contributed by atoms with Gasteiger partial charge >= 0.3 is 0 Å². The summed E-state index contributed by atoms with van der Waals surface area (Å²) in [6, 6.07) is 4.66. The van der Waals surface area contributed by atoms with E-state index in [1.54, 1.807) is 0 Å². The Hall–Kier alpha value is -0.640. The summed E-state index contributed by atoms with van der Waals surface area (Å²) in [5, 5.41) is 4.02. The lowest BCUT2D eigenvalue weighted by Crippen LogP contribution is -2.63. The second kappa shape index (κ2) is 3.74. The molecule has 2 atom stereocenters. The third kappa shape index (κ3) is 1.65. The summed E-state index contributed by atoms with van der Waals surface area (Å²) in [6.07, 6.45) is 1.92. The standard InChI is InChI=1S/C11H14ClN3/c12-11-2-1-8(5-14-11)9-7-15-4-3-13-6-10(9)15/h1-2,5,9-10,13H,3-4,6-7H2/t9-,10-/m1/s1. The molecule has 2 aliphatic rings. The van der Waals surface area contributed by atoms with Crippen LogP contribution in [0.15, 0.2) is 18.3 Å². The Morgan fingerprint density at radius 2 is 2.40 bits per heavy atom. The molecule has 0 unspecified atom stereocenters. The van der Waals surface area contributed by atoms with Gasteiger partial charge in [0, 0.05) is 44.3 Å². The molecule has 2 fully saturated rings. The Balaban J connectivity index is 1.76. The average Bonchev–Trinajstić information content (AvgIpc) is 2.23. The smallest absolute Gasteiger partial charge is 0.129 e. The van der Waals surface area contributed by atoms with Gasteiger partial charge in [-0.2, -0.15) is 0 Å². The minimum Gasteiger partial charge on any atom is -0.314 e. The monoisotopic (exact) mass is 223 g/mol. The SMILES string of the molecule is Clc1ccc([C@H]2CN3CCNC[C@H]23)cn1. The first-order valence-corrected chi connectivity index (χ1v) is 5.78. The van der Waals surface area contributed by atoms with Crippen LogP contribution in [-0.4, -0.2) is 42.1 Å². The lowest BCUT2D eigenvalue weighted by atomic mass is 9.82. The summed E-state index contributed by atoms with van der Waals surface area (Å²) in [6.45, 7) is 4.59. The van der Waals surface area contributed by atoms with Gasteiger partial charge in [-0.1, -0.05) is 17.7 Å². The van der Waals surface area contributed by atoms with Crippen molar-refractivity contribution in [2.75, 3.05) is 26.2 Å². The molecule has 1 aromatic heterocycles. The molecule has 0 amide bonds. The van der Waals surface area contributed by atoms with Gasteiger partial charge in [0.1, 0.15) is 5.15 Å². The van der Waals surface area contributed by atoms with Gasteiger partial charge in [0.25, 0.3) is 0 Å². The van der Waals surface area contributed by atoms with Crippen LogP contribution in [0.25, 0.3) is 0 Å². The Kier molecular flexibility index (Phi) is 2.39. The summed E-state index contributed by atoms with van der Waals surface area (Å²) in [5.41, 5.74) is 1.32. The molecule has 1 N–H and O–H groups in total. The van der Waals surface area contributed by atoms with E-state index < -0.39 is 0 Å². The number of hydrogen-bond acceptors (Lipinski definition) is 3. The lowest BCUT2D eigenvalue weighted by Gasteiger charge is -2.51. The number of fused-ring (bicyclic) bond motifs is 1. The molecular formula is C11H14ClN3. The molecule has 15 heavy (non-hydrogen) atoms. The van der Waals surface area contributed by atoms with Crippen LogP contribution in [0.1, 0.15) is 11.5 Å². The number of halogens is 1. The van der Waals surface area contributed by atoms with Crippen LogP contribution >= 0.6 is 11.6 Å². The van der Waals surface area contributed by atoms with Gasteiger partial charge < -0.3 is 5.32 Å². The molecule has 1 aromatic rings. The normalized spacial score (nSPS) is 30.7. The van der Waals surface area contributed by atoms with Crippen LogP contribution in [0.3, 0.4) is 0 Å². The maximum atomic E-state index is 5.78. The van der Waals surface area contributed by atoms with E-state index in [4.69, 9.17) is 11.6 Å². The highest BCUT2D eigenvalue weighted by atomic mass is 35.5. The lowest BCUT2D eigenvalue weighted by molar-refractivity contribution is 0.0381. The van der Waals surface area contributed by atoms with E-state index in [9.17, 15) is 0 Å². The van der Waals surface area contributed by atoms with Gasteiger partial charge in [-0.15, -0.1) is 0 Å². The summed E-state index contributed by atoms with van der Waals surface area (Å²) < 4.78 is 0. The van der Waals surface area contributed by atoms with Crippen LogP contribution < -0.4 is 5.32 Å². The first kappa shape index (κ1) is 9.58. The zero-order chi connectivity index (χ0) is 10.3. The average molecular weight is 224 g/mol. The third-order valence-corrected chi connectivity index (χ3v) is 3.70. The van der Waals surface area contributed by atoms with E-state index in [1.807, 2.05) is 12.3 Å². The van der Waals surface area contributed by atoms with E-state index in [2.05, 4.69) is 21.3 Å². The van der Waals surface area contributed by atoms with E-state index in [0.29, 0.717) is 17.1 Å². The van der Waals surface area contributed by atoms with Crippen LogP contribution in [0.4, 0.5) is 0 Å². The zero-order valence-electron chi connectivity index (χ0n) is 8.49. The van der Waals surface area contributed by atoms with Crippen molar-refractivity contribution in [3.8, 4) is 0 Å². The number of piperazine rings is 1. The molecule has 0 spiro atoms. The predicted molar refractivity (Wildman–Crippen MR) is 60.2 cm³/mol. The molecule has 0 aliphatic carbocycles. The number of hydrogen-bond donors (Lipinski definition) is 1. The van der Waals surface area contributed by atoms with Crippen molar-refractivity contribution in [1.29, 1.82) is 0 Å². The molecule has 0 saturated carbocycles. The number of nitrogens with zero attached hydrogens (tertiary/aromatic N) is 2. The van der Waals surface area contributed by atoms with Gasteiger partial charge in [0.05, 0.1) is 0 Å². The van der Waals surface area contributed by atoms with E-state index >= 15 is 0 Å². The van der Waals surface area contributed by atoms with Crippen molar-refractivity contribution >= 4 is 11.6 Å². The fraction of sp³-hybridized carbons (Fsp3) is 0.545. The molecule has 2 saturated heterocycles. The van der Waals surface area contributed by atoms with Crippen LogP contribution in [0.2, 0.25) is 5.15 Å². The maximum Gasteiger partial charge on any atom is 0.129 e. The fourth-order valence-electron chi connectivity index (χ4n) is 2.56. The highest BCUT2D eigenvalue weighted by molar-refractivity contribution is 6.29. The van der Waals surface area contributed by atoms with Gasteiger partial charge in [0.15, 0.2) is 0 Å². The Morgan fingerprint density at radius 3 is 3.13 bits per heavy atom. The summed E-state index contributed by atoms with van der Waals surface area (Å²) >= 11 is 5.78. The number of rotatable bonds is 1. The predicted octanol–water partition coefficient (Wildman–Crippen LogP) is 1.11. The molecule has 3 rings (SSSR count). The van der Waals surface area contributed by atoms with Gasteiger partial charge in [-0.25, -0.2) is 4.98 Å². The molecular weight excluding hydrogens is 210 g/mol. The Labute approximate surface area is 94.4 Å². The fourth-order valence-corrected chi connectivity index (χ4v) is 2.67. The molecule has 0 aromatic carbocycles. The minimum absolute atomic E-state index is 0.580. The summed E-state index contributed by atoms with van der Waals surface area (Å²) in [4.78, 5) is 6.68. The molecule has 4 heteroatoms. The highest BCUT2D eigenvalue weighted by Crippen LogP contribution is 2.34. The highest BCUT2D eigenvalue weighted by Gasteiger charge is 2.40. The second-order valence-electron chi connectivity index (χ2n) is 4.29. The van der Waals surface area contributed by atoms with Crippen molar-refractivity contribution in [3.05, 3.63) is 29.0 Å². The molecule has 0 bridgehead atoms. The third-order valence-electron chi connectivity index (χ3n) is 3.47. The number of nitrogens with one attached hydrogen (secondary N) is 1. The summed E-state index contributed by atoms with van der Waals surface area (Å²) in [7, 11) is 0. The Morgan fingerprint density at radius 1 is 1.47 bits per heavy atom. The molecule has 0 radical (unpaired) electrons. The van der Waals surface area contributed by atoms with E-state index in [-0.39, 0.29) is 0 Å². The molecule has 2 aliphatic heterocycles. The quantitative estimate of drug-likeness (QED) is 0.723. The summed E-state index contributed by atoms with van der Waals surface area (Å²) in [5.74, 6) is 0.641. The first-order valence-electron chi connectivity index (χ1n) is 5.41. The molecule has 3 nitrogen and oxygen atoms in total. The van der Waals surface area contributed by atoms with Crippen LogP contribution in [0.5, 0.6) is 0 Å². The van der Waals surface area contributed by atoms with Crippen molar-refractivity contribution < 1.29 is 0 Å². The van der Waals surface area contributed by atoms with Gasteiger partial charge in [0.2, 0.25) is 0 Å². The van der Waals surface area contributed by atoms with E-state index in [0.717, 1.165) is 13.1 Å². The zero-order valence-corrected chi connectivity index (χ0v) is 9.24. The van der Waals surface area contributed by atoms with Crippen molar-refractivity contribution in [3.63, 3.8) is 0 Å². The topological polar surface area (TPSA) is 28.2 Å². The first-order chi connectivity index (χ1) is 7.34. The molecule has 3 heterocycles. The van der Waals surface area contributed by atoms with Gasteiger partial charge in [-0.05, 0) is 11.6 Å². The van der Waals surface area contributed by atoms with Crippen LogP contribution in [-0.2, 0) is 0 Å². The molecule has 80 valence electrons. The van der Waals surface area contributed by atoms with Crippen molar-refractivity contribution in [1.82, 2.24) is 15.2 Å². The Bertz CT molecular complexity index is 351. The maximum absolute atomic E-state index is 5.78. The van der Waals surface area contributed by atoms with E-state index in [1.165, 1.54) is 18.7 Å². The second-order valence-corrected chi connectivity index (χ2v) is 4.67. The minimum atomic E-state index is 0.580. The van der Waals surface area contributed by atoms with Crippen molar-refractivity contribution in [2.45, 2.75) is 12.0 Å². The number of aromatic nitrogens is 1. The number of pyridine rings is 1. The van der Waals surface area contributed by atoms with Gasteiger partial charge in [-0.3, -0.25) is 4.90 Å². The van der Waals surface area contributed by atoms with Crippen LogP contribution in [0, 0.1) is 0 Å².